The molecule has 0 spiro atoms. The molecule has 4 heterocycles. The number of rotatable bonds is 6. The number of hydrogen-bond acceptors (Lipinski definition) is 6. The Bertz CT molecular complexity index is 1520. The number of nitrogens with zero attached hydrogens (tertiary/aromatic N) is 4. The van der Waals surface area contributed by atoms with E-state index in [2.05, 4.69) is 69.0 Å². The number of benzene rings is 3. The van der Waals surface area contributed by atoms with Crippen molar-refractivity contribution in [1.29, 1.82) is 0 Å². The first-order valence-electron chi connectivity index (χ1n) is 15.3. The number of carbonyl (C=O) groups excluding carboxylic acids is 1. The van der Waals surface area contributed by atoms with Gasteiger partial charge in [-0.05, 0) is 94.1 Å². The summed E-state index contributed by atoms with van der Waals surface area (Å²) in [6.07, 6.45) is 6.93. The van der Waals surface area contributed by atoms with Crippen LogP contribution in [0, 0.1) is 0 Å². The molecule has 7 rings (SSSR count). The van der Waals surface area contributed by atoms with Gasteiger partial charge in [-0.2, -0.15) is 0 Å². The first kappa shape index (κ1) is 26.0. The highest BCUT2D eigenvalue weighted by atomic mass is 16.1. The summed E-state index contributed by atoms with van der Waals surface area (Å²) in [5.41, 5.74) is 8.47. The Labute approximate surface area is 242 Å². The molecular formula is C34H38N6O. The van der Waals surface area contributed by atoms with Gasteiger partial charge in [0.1, 0.15) is 0 Å². The van der Waals surface area contributed by atoms with Gasteiger partial charge >= 0.3 is 0 Å². The van der Waals surface area contributed by atoms with Gasteiger partial charge in [-0.15, -0.1) is 0 Å². The van der Waals surface area contributed by atoms with Gasteiger partial charge in [-0.3, -0.25) is 4.79 Å². The molecule has 0 atom stereocenters. The quantitative estimate of drug-likeness (QED) is 0.326. The molecule has 4 aromatic rings. The van der Waals surface area contributed by atoms with Crippen LogP contribution in [0.5, 0.6) is 0 Å². The van der Waals surface area contributed by atoms with Crippen LogP contribution in [-0.2, 0) is 0 Å². The SMILES string of the molecule is O=C(NC1CCNCC1)c1ccc2nc(-c3ccc(N4CCCC4)cc3)c(-c3ccc(N4CCCC4)cc3)nc2c1. The van der Waals surface area contributed by atoms with Crippen LogP contribution in [0.1, 0.15) is 48.9 Å². The zero-order valence-corrected chi connectivity index (χ0v) is 23.6. The van der Waals surface area contributed by atoms with Crippen molar-refractivity contribution >= 4 is 28.3 Å². The van der Waals surface area contributed by atoms with Gasteiger partial charge < -0.3 is 20.4 Å². The van der Waals surface area contributed by atoms with Gasteiger partial charge in [0.05, 0.1) is 22.4 Å². The number of amides is 1. The summed E-state index contributed by atoms with van der Waals surface area (Å²) in [6, 6.07) is 23.4. The smallest absolute Gasteiger partial charge is 0.251 e. The standard InChI is InChI=1S/C34H38N6O/c41-34(36-27-15-17-35-18-16-27)26-9-14-30-31(23-26)38-33(25-7-12-29(13-8-25)40-21-3-4-22-40)32(37-30)24-5-10-28(11-6-24)39-19-1-2-20-39/h5-14,23,27,35H,1-4,15-22H2,(H,36,41). The molecule has 1 amide bonds. The molecule has 3 aliphatic heterocycles. The van der Waals surface area contributed by atoms with E-state index in [0.29, 0.717) is 5.56 Å². The van der Waals surface area contributed by atoms with Gasteiger partial charge in [0, 0.05) is 60.3 Å². The second-order valence-electron chi connectivity index (χ2n) is 11.6. The number of fused-ring (bicyclic) bond motifs is 1. The van der Waals surface area contributed by atoms with Crippen molar-refractivity contribution in [2.45, 2.75) is 44.6 Å². The molecule has 7 heteroatoms. The van der Waals surface area contributed by atoms with E-state index in [-0.39, 0.29) is 11.9 Å². The largest absolute Gasteiger partial charge is 0.372 e. The van der Waals surface area contributed by atoms with Gasteiger partial charge in [0.15, 0.2) is 0 Å². The average Bonchev–Trinajstić information content (AvgIpc) is 3.77. The Kier molecular flexibility index (Phi) is 7.28. The third kappa shape index (κ3) is 5.51. The molecule has 0 unspecified atom stereocenters. The van der Waals surface area contributed by atoms with E-state index >= 15 is 0 Å². The molecule has 41 heavy (non-hydrogen) atoms. The summed E-state index contributed by atoms with van der Waals surface area (Å²) in [6.45, 7) is 6.36. The Balaban J connectivity index is 1.25. The van der Waals surface area contributed by atoms with Crippen molar-refractivity contribution in [3.63, 3.8) is 0 Å². The topological polar surface area (TPSA) is 73.4 Å². The van der Waals surface area contributed by atoms with Crippen molar-refractivity contribution in [2.24, 2.45) is 0 Å². The summed E-state index contributed by atoms with van der Waals surface area (Å²) in [5, 5.41) is 6.56. The van der Waals surface area contributed by atoms with Crippen LogP contribution in [0.15, 0.2) is 66.7 Å². The lowest BCUT2D eigenvalue weighted by atomic mass is 10.0. The molecular weight excluding hydrogens is 508 g/mol. The number of piperidine rings is 1. The Morgan fingerprint density at radius 1 is 0.683 bits per heavy atom. The summed E-state index contributed by atoms with van der Waals surface area (Å²) in [7, 11) is 0. The van der Waals surface area contributed by atoms with Gasteiger partial charge in [0.2, 0.25) is 0 Å². The first-order valence-corrected chi connectivity index (χ1v) is 15.3. The van der Waals surface area contributed by atoms with Crippen molar-refractivity contribution in [1.82, 2.24) is 20.6 Å². The van der Waals surface area contributed by atoms with E-state index in [9.17, 15) is 4.79 Å². The summed E-state index contributed by atoms with van der Waals surface area (Å²) >= 11 is 0. The highest BCUT2D eigenvalue weighted by Crippen LogP contribution is 2.34. The number of hydrogen-bond donors (Lipinski definition) is 2. The minimum absolute atomic E-state index is 0.0429. The van der Waals surface area contributed by atoms with Crippen LogP contribution < -0.4 is 20.4 Å². The average molecular weight is 547 g/mol. The minimum Gasteiger partial charge on any atom is -0.372 e. The second-order valence-corrected chi connectivity index (χ2v) is 11.6. The zero-order valence-electron chi connectivity index (χ0n) is 23.6. The van der Waals surface area contributed by atoms with Crippen LogP contribution in [0.4, 0.5) is 11.4 Å². The Hall–Kier alpha value is -3.97. The van der Waals surface area contributed by atoms with E-state index in [4.69, 9.17) is 9.97 Å². The van der Waals surface area contributed by atoms with Gasteiger partial charge in [0.25, 0.3) is 5.91 Å². The normalized spacial score (nSPS) is 17.9. The highest BCUT2D eigenvalue weighted by Gasteiger charge is 2.20. The first-order chi connectivity index (χ1) is 20.2. The van der Waals surface area contributed by atoms with Crippen molar-refractivity contribution in [3.05, 3.63) is 72.3 Å². The summed E-state index contributed by atoms with van der Waals surface area (Å²) in [4.78, 5) is 28.3. The third-order valence-corrected chi connectivity index (χ3v) is 8.82. The molecule has 3 saturated heterocycles. The number of anilines is 2. The maximum Gasteiger partial charge on any atom is 0.251 e. The molecule has 1 aromatic heterocycles. The highest BCUT2D eigenvalue weighted by molar-refractivity contribution is 5.98. The molecule has 7 nitrogen and oxygen atoms in total. The zero-order chi connectivity index (χ0) is 27.6. The second kappa shape index (κ2) is 11.5. The Morgan fingerprint density at radius 3 is 1.73 bits per heavy atom. The van der Waals surface area contributed by atoms with Crippen molar-refractivity contribution in [3.8, 4) is 22.5 Å². The van der Waals surface area contributed by atoms with Crippen LogP contribution in [0.3, 0.4) is 0 Å². The predicted molar refractivity (Wildman–Crippen MR) is 167 cm³/mol. The number of carbonyl (C=O) groups is 1. The van der Waals surface area contributed by atoms with Crippen molar-refractivity contribution < 1.29 is 4.79 Å². The molecule has 3 fully saturated rings. The molecule has 0 saturated carbocycles. The molecule has 0 aliphatic carbocycles. The van der Waals surface area contributed by atoms with E-state index in [0.717, 1.165) is 85.7 Å². The maximum atomic E-state index is 13.1. The van der Waals surface area contributed by atoms with Gasteiger partial charge in [-0.25, -0.2) is 9.97 Å². The van der Waals surface area contributed by atoms with Crippen LogP contribution in [0.2, 0.25) is 0 Å². The van der Waals surface area contributed by atoms with E-state index in [1.165, 1.54) is 37.1 Å². The molecule has 3 aliphatic rings. The van der Waals surface area contributed by atoms with E-state index in [1.807, 2.05) is 18.2 Å². The lowest BCUT2D eigenvalue weighted by Gasteiger charge is -2.23. The minimum atomic E-state index is -0.0429. The molecule has 0 radical (unpaired) electrons. The van der Waals surface area contributed by atoms with Gasteiger partial charge in [-0.1, -0.05) is 24.3 Å². The van der Waals surface area contributed by atoms with Crippen LogP contribution >= 0.6 is 0 Å². The summed E-state index contributed by atoms with van der Waals surface area (Å²) < 4.78 is 0. The monoisotopic (exact) mass is 546 g/mol. The number of nitrogens with one attached hydrogen (secondary N) is 2. The lowest BCUT2D eigenvalue weighted by Crippen LogP contribution is -2.42. The van der Waals surface area contributed by atoms with E-state index in [1.54, 1.807) is 0 Å². The Morgan fingerprint density at radius 2 is 1.20 bits per heavy atom. The fraction of sp³-hybridized carbons (Fsp3) is 0.382. The lowest BCUT2D eigenvalue weighted by molar-refractivity contribution is 0.0929. The molecule has 2 N–H and O–H groups in total. The summed E-state index contributed by atoms with van der Waals surface area (Å²) in [5.74, 6) is -0.0429. The molecule has 3 aromatic carbocycles. The fourth-order valence-electron chi connectivity index (χ4n) is 6.44. The van der Waals surface area contributed by atoms with Crippen LogP contribution in [-0.4, -0.2) is 61.2 Å². The molecule has 210 valence electrons. The maximum absolute atomic E-state index is 13.1. The van der Waals surface area contributed by atoms with Crippen LogP contribution in [0.25, 0.3) is 33.5 Å². The molecule has 0 bridgehead atoms. The van der Waals surface area contributed by atoms with E-state index < -0.39 is 0 Å². The fourth-order valence-corrected chi connectivity index (χ4v) is 6.44. The third-order valence-electron chi connectivity index (χ3n) is 8.82. The number of aromatic nitrogens is 2. The predicted octanol–water partition coefficient (Wildman–Crippen LogP) is 5.65. The van der Waals surface area contributed by atoms with Crippen molar-refractivity contribution in [2.75, 3.05) is 49.1 Å².